The molecule has 2 rings (SSSR count). The van der Waals surface area contributed by atoms with Crippen LogP contribution in [-0.4, -0.2) is 111 Å². The number of carbonyl (C=O) groups excluding carboxylic acids is 6. The lowest BCUT2D eigenvalue weighted by Crippen LogP contribution is -2.63. The van der Waals surface area contributed by atoms with Crippen LogP contribution in [0.25, 0.3) is 0 Å². The van der Waals surface area contributed by atoms with Crippen molar-refractivity contribution in [3.63, 3.8) is 0 Å². The van der Waals surface area contributed by atoms with Crippen LogP contribution < -0.4 is 0 Å². The zero-order chi connectivity index (χ0) is 31.7. The van der Waals surface area contributed by atoms with Crippen molar-refractivity contribution >= 4 is 35.8 Å². The number of esters is 6. The topological polar surface area (TPSA) is 195 Å². The average molecular weight is 607 g/mol. The summed E-state index contributed by atoms with van der Waals surface area (Å²) in [4.78, 5) is 71.7. The van der Waals surface area contributed by atoms with Gasteiger partial charge in [0.15, 0.2) is 49.2 Å². The lowest BCUT2D eigenvalue weighted by Gasteiger charge is -2.46. The van der Waals surface area contributed by atoms with Crippen molar-refractivity contribution in [2.75, 3.05) is 14.2 Å². The minimum Gasteiger partial charge on any atom is -0.456 e. The number of ether oxygens (including phenoxy) is 10. The van der Waals surface area contributed by atoms with Crippen molar-refractivity contribution in [2.24, 2.45) is 0 Å². The highest BCUT2D eigenvalue weighted by molar-refractivity contribution is 5.69. The summed E-state index contributed by atoms with van der Waals surface area (Å²) in [6.07, 6.45) is -12.3. The molecule has 2 saturated heterocycles. The molecule has 16 heteroatoms. The van der Waals surface area contributed by atoms with E-state index in [1.54, 1.807) is 0 Å². The molecule has 0 aliphatic carbocycles. The summed E-state index contributed by atoms with van der Waals surface area (Å²) in [6, 6.07) is 0. The maximum absolute atomic E-state index is 12.1. The fourth-order valence-electron chi connectivity index (χ4n) is 4.88. The highest BCUT2D eigenvalue weighted by Gasteiger charge is 2.54. The quantitative estimate of drug-likeness (QED) is 0.227. The zero-order valence-corrected chi connectivity index (χ0v) is 24.7. The minimum atomic E-state index is -1.32. The van der Waals surface area contributed by atoms with Gasteiger partial charge in [0.1, 0.15) is 12.2 Å². The molecule has 16 nitrogen and oxygen atoms in total. The largest absolute Gasteiger partial charge is 0.456 e. The van der Waals surface area contributed by atoms with Gasteiger partial charge in [0.25, 0.3) is 0 Å². The van der Waals surface area contributed by atoms with Crippen LogP contribution in [0.2, 0.25) is 0 Å². The molecule has 2 heterocycles. The van der Waals surface area contributed by atoms with E-state index in [2.05, 4.69) is 0 Å². The highest BCUT2D eigenvalue weighted by atomic mass is 16.7. The predicted octanol–water partition coefficient (Wildman–Crippen LogP) is 0.0994. The number of carbonyl (C=O) groups is 6. The second-order valence-corrected chi connectivity index (χ2v) is 9.58. The molecular weight excluding hydrogens is 568 g/mol. The van der Waals surface area contributed by atoms with Crippen molar-refractivity contribution in [1.82, 2.24) is 0 Å². The fraction of sp³-hybridized carbons (Fsp3) is 0.769. The van der Waals surface area contributed by atoms with Crippen molar-refractivity contribution in [3.8, 4) is 0 Å². The Morgan fingerprint density at radius 1 is 0.429 bits per heavy atom. The number of methoxy groups -OCH3 is 2. The molecule has 2 aliphatic rings. The molecule has 0 aromatic rings. The summed E-state index contributed by atoms with van der Waals surface area (Å²) in [7, 11) is 2.55. The van der Waals surface area contributed by atoms with Crippen LogP contribution >= 0.6 is 0 Å². The molecule has 0 aromatic carbocycles. The molecule has 0 N–H and O–H groups in total. The van der Waals surface area contributed by atoms with Crippen LogP contribution in [-0.2, 0) is 76.1 Å². The SMILES string of the molecule is CO[C@H]1O[C@H](CC[C@@H]2O[C@@H](OC)[C@@H](OC(C)=O)[C@H](OC(C)=O)[C@H]2OC(C)=O)[C@@H](OC(C)=O)[C@H](OC(C)=O)[C@@H]1OC(C)=O. The third-order valence-electron chi connectivity index (χ3n) is 6.19. The Morgan fingerprint density at radius 2 is 0.667 bits per heavy atom. The van der Waals surface area contributed by atoms with Gasteiger partial charge in [-0.25, -0.2) is 0 Å². The highest BCUT2D eigenvalue weighted by Crippen LogP contribution is 2.35. The van der Waals surface area contributed by atoms with Crippen LogP contribution in [0.5, 0.6) is 0 Å². The lowest BCUT2D eigenvalue weighted by atomic mass is 9.90. The lowest BCUT2D eigenvalue weighted by molar-refractivity contribution is -0.308. The van der Waals surface area contributed by atoms with Crippen molar-refractivity contribution < 1.29 is 76.1 Å². The molecule has 2 aliphatic heterocycles. The van der Waals surface area contributed by atoms with E-state index in [9.17, 15) is 28.8 Å². The normalized spacial score (nSPS) is 32.6. The van der Waals surface area contributed by atoms with Crippen LogP contribution in [0.4, 0.5) is 0 Å². The molecule has 0 bridgehead atoms. The van der Waals surface area contributed by atoms with Crippen LogP contribution in [0, 0.1) is 0 Å². The van der Waals surface area contributed by atoms with Crippen LogP contribution in [0.15, 0.2) is 0 Å². The van der Waals surface area contributed by atoms with Gasteiger partial charge < -0.3 is 47.4 Å². The second-order valence-electron chi connectivity index (χ2n) is 9.58. The van der Waals surface area contributed by atoms with Crippen molar-refractivity contribution in [3.05, 3.63) is 0 Å². The van der Waals surface area contributed by atoms with Gasteiger partial charge in [-0.05, 0) is 12.8 Å². The zero-order valence-electron chi connectivity index (χ0n) is 24.7. The standard InChI is InChI=1S/C26H38O16/c1-11(27)35-19-17(41-25(33-7)23(39-15(5)31)21(19)37-13(3)29)9-10-18-20(36-12(2)28)22(38-14(4)30)24(40-16(6)32)26(34-8)42-18/h17-26H,9-10H2,1-8H3/t17-,18+,19-,20+,21+,22-,23-,24-,25+,26-/m0/s1. The maximum Gasteiger partial charge on any atom is 0.303 e. The molecule has 0 amide bonds. The number of hydrogen-bond donors (Lipinski definition) is 0. The van der Waals surface area contributed by atoms with Crippen LogP contribution in [0.1, 0.15) is 54.4 Å². The van der Waals surface area contributed by atoms with E-state index >= 15 is 0 Å². The first-order valence-electron chi connectivity index (χ1n) is 13.1. The summed E-state index contributed by atoms with van der Waals surface area (Å²) in [5.41, 5.74) is 0. The fourth-order valence-corrected chi connectivity index (χ4v) is 4.88. The van der Waals surface area contributed by atoms with E-state index in [1.807, 2.05) is 0 Å². The van der Waals surface area contributed by atoms with Gasteiger partial charge in [0.2, 0.25) is 0 Å². The van der Waals surface area contributed by atoms with Crippen LogP contribution in [0.3, 0.4) is 0 Å². The van der Waals surface area contributed by atoms with Gasteiger partial charge >= 0.3 is 35.8 Å². The van der Waals surface area contributed by atoms with E-state index in [0.29, 0.717) is 0 Å². The molecule has 0 radical (unpaired) electrons. The van der Waals surface area contributed by atoms with Gasteiger partial charge in [-0.3, -0.25) is 28.8 Å². The van der Waals surface area contributed by atoms with E-state index < -0.39 is 97.2 Å². The Bertz CT molecular complexity index is 919. The maximum atomic E-state index is 12.1. The van der Waals surface area contributed by atoms with E-state index in [-0.39, 0.29) is 12.8 Å². The van der Waals surface area contributed by atoms with Gasteiger partial charge in [-0.1, -0.05) is 0 Å². The smallest absolute Gasteiger partial charge is 0.303 e. The number of hydrogen-bond acceptors (Lipinski definition) is 16. The Labute approximate surface area is 242 Å². The Balaban J connectivity index is 2.45. The summed E-state index contributed by atoms with van der Waals surface area (Å²) in [5.74, 6) is -4.45. The molecule has 238 valence electrons. The van der Waals surface area contributed by atoms with Gasteiger partial charge in [-0.15, -0.1) is 0 Å². The first kappa shape index (κ1) is 34.9. The third kappa shape index (κ3) is 9.61. The summed E-state index contributed by atoms with van der Waals surface area (Å²) < 4.78 is 55.0. The predicted molar refractivity (Wildman–Crippen MR) is 134 cm³/mol. The van der Waals surface area contributed by atoms with Crippen molar-refractivity contribution in [1.29, 1.82) is 0 Å². The molecule has 0 unspecified atom stereocenters. The molecule has 0 spiro atoms. The monoisotopic (exact) mass is 606 g/mol. The second kappa shape index (κ2) is 15.8. The average Bonchev–Trinajstić information content (AvgIpc) is 2.86. The molecule has 10 atom stereocenters. The summed E-state index contributed by atoms with van der Waals surface area (Å²) >= 11 is 0. The molecule has 0 saturated carbocycles. The molecule has 2 fully saturated rings. The Kier molecular flexibility index (Phi) is 13.1. The Morgan fingerprint density at radius 3 is 0.905 bits per heavy atom. The molecular formula is C26H38O16. The molecule has 42 heavy (non-hydrogen) atoms. The number of rotatable bonds is 11. The third-order valence-corrected chi connectivity index (χ3v) is 6.19. The Hall–Kier alpha value is -3.34. The van der Waals surface area contributed by atoms with Gasteiger partial charge in [0.05, 0.1) is 0 Å². The van der Waals surface area contributed by atoms with E-state index in [0.717, 1.165) is 41.5 Å². The van der Waals surface area contributed by atoms with Crippen molar-refractivity contribution in [2.45, 2.75) is 116 Å². The minimum absolute atomic E-state index is 0.00769. The summed E-state index contributed by atoms with van der Waals surface area (Å²) in [5, 5.41) is 0. The van der Waals surface area contributed by atoms with E-state index in [4.69, 9.17) is 47.4 Å². The van der Waals surface area contributed by atoms with E-state index in [1.165, 1.54) is 14.2 Å². The summed E-state index contributed by atoms with van der Waals surface area (Å²) in [6.45, 7) is 6.79. The van der Waals surface area contributed by atoms with Gasteiger partial charge in [-0.2, -0.15) is 0 Å². The molecule has 0 aromatic heterocycles. The first-order valence-corrected chi connectivity index (χ1v) is 13.1. The van der Waals surface area contributed by atoms with Gasteiger partial charge in [0, 0.05) is 55.8 Å². The first-order chi connectivity index (χ1) is 19.7.